The number of nitrogens with zero attached hydrogens (tertiary/aromatic N) is 2. The quantitative estimate of drug-likeness (QED) is 0.811. The van der Waals surface area contributed by atoms with E-state index in [1.165, 1.54) is 7.11 Å². The minimum Gasteiger partial charge on any atom is -0.504 e. The molecule has 0 bridgehead atoms. The van der Waals surface area contributed by atoms with Gasteiger partial charge in [0.25, 0.3) is 0 Å². The summed E-state index contributed by atoms with van der Waals surface area (Å²) in [7, 11) is 5.21. The maximum absolute atomic E-state index is 12.2. The Balaban J connectivity index is 1.79. The first-order valence-electron chi connectivity index (χ1n) is 8.12. The molecule has 6 heteroatoms. The standard InChI is InChI=1S/C19H25N3O3/c1-21(16-7-5-4-6-8-16)12-11-20-19(24)22(2)14-15-9-10-18(25-3)17(23)13-15/h4-10,13,23H,11-12,14H2,1-3H3,(H,20,24). The number of nitrogens with one attached hydrogen (secondary N) is 1. The molecule has 0 unspecified atom stereocenters. The molecule has 0 aliphatic heterocycles. The van der Waals surface area contributed by atoms with Gasteiger partial charge in [-0.1, -0.05) is 24.3 Å². The second-order valence-corrected chi connectivity index (χ2v) is 5.85. The Morgan fingerprint density at radius 3 is 2.52 bits per heavy atom. The summed E-state index contributed by atoms with van der Waals surface area (Å²) in [5, 5.41) is 12.7. The molecule has 2 amide bonds. The van der Waals surface area contributed by atoms with Gasteiger partial charge in [-0.2, -0.15) is 0 Å². The number of likely N-dealkylation sites (N-methyl/N-ethyl adjacent to an activating group) is 1. The van der Waals surface area contributed by atoms with Gasteiger partial charge in [-0.3, -0.25) is 0 Å². The van der Waals surface area contributed by atoms with Crippen molar-refractivity contribution >= 4 is 11.7 Å². The molecule has 0 radical (unpaired) electrons. The van der Waals surface area contributed by atoms with Crippen LogP contribution in [0.5, 0.6) is 11.5 Å². The number of carbonyl (C=O) groups excluding carboxylic acids is 1. The molecule has 0 saturated heterocycles. The van der Waals surface area contributed by atoms with Gasteiger partial charge in [0, 0.05) is 39.4 Å². The monoisotopic (exact) mass is 343 g/mol. The van der Waals surface area contributed by atoms with Crippen molar-refractivity contribution in [2.24, 2.45) is 0 Å². The van der Waals surface area contributed by atoms with Gasteiger partial charge in [-0.25, -0.2) is 4.79 Å². The van der Waals surface area contributed by atoms with Crippen molar-refractivity contribution in [1.82, 2.24) is 10.2 Å². The molecule has 0 fully saturated rings. The Bertz CT molecular complexity index is 692. The van der Waals surface area contributed by atoms with E-state index in [1.54, 1.807) is 24.1 Å². The van der Waals surface area contributed by atoms with Gasteiger partial charge in [-0.15, -0.1) is 0 Å². The molecule has 2 rings (SSSR count). The summed E-state index contributed by atoms with van der Waals surface area (Å²) in [5.41, 5.74) is 1.94. The molecule has 0 aliphatic carbocycles. The first kappa shape index (κ1) is 18.4. The van der Waals surface area contributed by atoms with Gasteiger partial charge >= 0.3 is 6.03 Å². The summed E-state index contributed by atoms with van der Waals surface area (Å²) in [4.78, 5) is 15.8. The average molecular weight is 343 g/mol. The molecule has 0 aromatic heterocycles. The number of aromatic hydroxyl groups is 1. The Labute approximate surface area is 148 Å². The lowest BCUT2D eigenvalue weighted by Gasteiger charge is -2.22. The van der Waals surface area contributed by atoms with Crippen LogP contribution in [-0.2, 0) is 6.54 Å². The lowest BCUT2D eigenvalue weighted by atomic mass is 10.2. The number of rotatable bonds is 7. The van der Waals surface area contributed by atoms with Crippen LogP contribution in [0.4, 0.5) is 10.5 Å². The molecule has 6 nitrogen and oxygen atoms in total. The second-order valence-electron chi connectivity index (χ2n) is 5.85. The van der Waals surface area contributed by atoms with Gasteiger partial charge in [-0.05, 0) is 29.8 Å². The van der Waals surface area contributed by atoms with Crippen molar-refractivity contribution in [3.05, 3.63) is 54.1 Å². The van der Waals surface area contributed by atoms with Crippen LogP contribution in [0, 0.1) is 0 Å². The Morgan fingerprint density at radius 1 is 1.16 bits per heavy atom. The molecule has 134 valence electrons. The van der Waals surface area contributed by atoms with Crippen LogP contribution in [0.2, 0.25) is 0 Å². The predicted octanol–water partition coefficient (Wildman–Crippen LogP) is 2.68. The number of phenolic OH excluding ortho intramolecular Hbond substituents is 1. The average Bonchev–Trinajstić information content (AvgIpc) is 2.62. The van der Waals surface area contributed by atoms with Crippen LogP contribution >= 0.6 is 0 Å². The van der Waals surface area contributed by atoms with E-state index in [0.717, 1.165) is 11.3 Å². The number of methoxy groups -OCH3 is 1. The highest BCUT2D eigenvalue weighted by molar-refractivity contribution is 5.73. The van der Waals surface area contributed by atoms with Gasteiger partial charge in [0.1, 0.15) is 0 Å². The van der Waals surface area contributed by atoms with Crippen molar-refractivity contribution in [3.63, 3.8) is 0 Å². The van der Waals surface area contributed by atoms with Crippen LogP contribution in [0.1, 0.15) is 5.56 Å². The number of amides is 2. The SMILES string of the molecule is COc1ccc(CN(C)C(=O)NCCN(C)c2ccccc2)cc1O. The van der Waals surface area contributed by atoms with Gasteiger partial charge in [0.15, 0.2) is 11.5 Å². The van der Waals surface area contributed by atoms with Crippen LogP contribution in [0.3, 0.4) is 0 Å². The smallest absolute Gasteiger partial charge is 0.317 e. The first-order valence-corrected chi connectivity index (χ1v) is 8.12. The summed E-state index contributed by atoms with van der Waals surface area (Å²) in [6.45, 7) is 1.66. The van der Waals surface area contributed by atoms with Crippen molar-refractivity contribution in [2.45, 2.75) is 6.54 Å². The number of urea groups is 1. The fourth-order valence-electron chi connectivity index (χ4n) is 2.46. The van der Waals surface area contributed by atoms with Gasteiger partial charge in [0.2, 0.25) is 0 Å². The molecule has 25 heavy (non-hydrogen) atoms. The summed E-state index contributed by atoms with van der Waals surface area (Å²) >= 11 is 0. The highest BCUT2D eigenvalue weighted by Gasteiger charge is 2.10. The van der Waals surface area contributed by atoms with Crippen LogP contribution < -0.4 is 15.0 Å². The first-order chi connectivity index (χ1) is 12.0. The zero-order chi connectivity index (χ0) is 18.2. The number of carbonyl (C=O) groups is 1. The van der Waals surface area contributed by atoms with E-state index in [2.05, 4.69) is 10.2 Å². The molecule has 2 aromatic carbocycles. The van der Waals surface area contributed by atoms with Crippen molar-refractivity contribution in [3.8, 4) is 11.5 Å². The highest BCUT2D eigenvalue weighted by atomic mass is 16.5. The largest absolute Gasteiger partial charge is 0.504 e. The molecule has 0 heterocycles. The minimum absolute atomic E-state index is 0.0679. The Morgan fingerprint density at radius 2 is 1.88 bits per heavy atom. The van der Waals surface area contributed by atoms with Gasteiger partial charge < -0.3 is 25.0 Å². The number of phenols is 1. The highest BCUT2D eigenvalue weighted by Crippen LogP contribution is 2.26. The van der Waals surface area contributed by atoms with E-state index < -0.39 is 0 Å². The number of hydrogen-bond acceptors (Lipinski definition) is 4. The Hall–Kier alpha value is -2.89. The number of para-hydroxylation sites is 1. The van der Waals surface area contributed by atoms with Crippen molar-refractivity contribution < 1.29 is 14.6 Å². The number of hydrogen-bond donors (Lipinski definition) is 2. The summed E-state index contributed by atoms with van der Waals surface area (Å²) in [6.07, 6.45) is 0. The van der Waals surface area contributed by atoms with E-state index in [4.69, 9.17) is 4.74 Å². The fourth-order valence-corrected chi connectivity index (χ4v) is 2.46. The summed E-state index contributed by atoms with van der Waals surface area (Å²) in [6, 6.07) is 15.0. The van der Waals surface area contributed by atoms with E-state index in [9.17, 15) is 9.90 Å². The third kappa shape index (κ3) is 5.31. The van der Waals surface area contributed by atoms with Crippen LogP contribution in [0.25, 0.3) is 0 Å². The molecular weight excluding hydrogens is 318 g/mol. The van der Waals surface area contributed by atoms with Gasteiger partial charge in [0.05, 0.1) is 7.11 Å². The molecule has 0 atom stereocenters. The van der Waals surface area contributed by atoms with Crippen molar-refractivity contribution in [1.29, 1.82) is 0 Å². The zero-order valence-electron chi connectivity index (χ0n) is 14.9. The zero-order valence-corrected chi connectivity index (χ0v) is 14.9. The molecule has 2 aromatic rings. The van der Waals surface area contributed by atoms with E-state index in [-0.39, 0.29) is 11.8 Å². The van der Waals surface area contributed by atoms with E-state index >= 15 is 0 Å². The molecule has 0 saturated carbocycles. The maximum Gasteiger partial charge on any atom is 0.317 e. The number of benzene rings is 2. The van der Waals surface area contributed by atoms with Crippen LogP contribution in [-0.4, -0.2) is 50.3 Å². The predicted molar refractivity (Wildman–Crippen MR) is 99.2 cm³/mol. The lowest BCUT2D eigenvalue weighted by Crippen LogP contribution is -2.40. The molecule has 2 N–H and O–H groups in total. The third-order valence-electron chi connectivity index (χ3n) is 3.93. The molecule has 0 spiro atoms. The van der Waals surface area contributed by atoms with E-state index in [0.29, 0.717) is 25.4 Å². The minimum atomic E-state index is -0.156. The number of ether oxygens (including phenoxy) is 1. The molecule has 0 aliphatic rings. The van der Waals surface area contributed by atoms with Crippen LogP contribution in [0.15, 0.2) is 48.5 Å². The topological polar surface area (TPSA) is 65.0 Å². The molecular formula is C19H25N3O3. The fraction of sp³-hybridized carbons (Fsp3) is 0.316. The Kier molecular flexibility index (Phi) is 6.51. The number of anilines is 1. The van der Waals surface area contributed by atoms with E-state index in [1.807, 2.05) is 43.4 Å². The normalized spacial score (nSPS) is 10.2. The van der Waals surface area contributed by atoms with Crippen molar-refractivity contribution in [2.75, 3.05) is 39.2 Å². The summed E-state index contributed by atoms with van der Waals surface area (Å²) in [5.74, 6) is 0.484. The lowest BCUT2D eigenvalue weighted by molar-refractivity contribution is 0.207. The second kappa shape index (κ2) is 8.82. The maximum atomic E-state index is 12.2. The summed E-state index contributed by atoms with van der Waals surface area (Å²) < 4.78 is 5.02. The third-order valence-corrected chi connectivity index (χ3v) is 3.93.